The lowest BCUT2D eigenvalue weighted by molar-refractivity contribution is -0.138. The molecule has 0 aromatic carbocycles. The summed E-state index contributed by atoms with van der Waals surface area (Å²) in [6.45, 7) is 8.76. The van der Waals surface area contributed by atoms with Gasteiger partial charge in [0.1, 0.15) is 18.8 Å². The van der Waals surface area contributed by atoms with Crippen molar-refractivity contribution in [3.8, 4) is 0 Å². The number of anilines is 1. The number of amides is 2. The largest absolute Gasteiger partial charge is 0.369 e. The van der Waals surface area contributed by atoms with Crippen molar-refractivity contribution < 1.29 is 14.3 Å². The molecule has 2 aromatic rings. The van der Waals surface area contributed by atoms with Crippen LogP contribution in [0.3, 0.4) is 0 Å². The number of nitrogens with one attached hydrogen (secondary N) is 1. The van der Waals surface area contributed by atoms with Crippen LogP contribution in [-0.4, -0.2) is 72.1 Å². The highest BCUT2D eigenvalue weighted by Gasteiger charge is 2.21. The van der Waals surface area contributed by atoms with Crippen LogP contribution in [0.4, 0.5) is 5.82 Å². The van der Waals surface area contributed by atoms with Crippen LogP contribution < -0.4 is 10.2 Å². The highest BCUT2D eigenvalue weighted by molar-refractivity contribution is 7.18. The van der Waals surface area contributed by atoms with Crippen molar-refractivity contribution in [2.75, 3.05) is 44.2 Å². The molecule has 1 fully saturated rings. The van der Waals surface area contributed by atoms with Crippen molar-refractivity contribution in [3.63, 3.8) is 0 Å². The number of hydrogen-bond acceptors (Lipinski definition) is 7. The van der Waals surface area contributed by atoms with Gasteiger partial charge in [-0.2, -0.15) is 0 Å². The number of nitrogens with zero attached hydrogens (tertiary/aromatic N) is 4. The Kier molecular flexibility index (Phi) is 7.38. The number of ether oxygens (including phenoxy) is 1. The summed E-state index contributed by atoms with van der Waals surface area (Å²) in [5, 5.41) is 5.01. The van der Waals surface area contributed by atoms with Gasteiger partial charge in [-0.05, 0) is 31.2 Å². The van der Waals surface area contributed by atoms with E-state index in [-0.39, 0.29) is 24.5 Å². The van der Waals surface area contributed by atoms with E-state index in [2.05, 4.69) is 25.6 Å². The van der Waals surface area contributed by atoms with E-state index in [9.17, 15) is 9.59 Å². The van der Waals surface area contributed by atoms with Gasteiger partial charge in [0.2, 0.25) is 11.8 Å². The third-order valence-corrected chi connectivity index (χ3v) is 6.27. The fraction of sp³-hybridized carbons (Fsp3) is 0.600. The summed E-state index contributed by atoms with van der Waals surface area (Å²) in [5.74, 6) is 0.719. The van der Waals surface area contributed by atoms with Gasteiger partial charge in [0, 0.05) is 39.1 Å². The van der Waals surface area contributed by atoms with Crippen molar-refractivity contribution in [2.24, 2.45) is 0 Å². The molecule has 2 aromatic heterocycles. The first-order valence-electron chi connectivity index (χ1n) is 10.1. The van der Waals surface area contributed by atoms with Crippen LogP contribution in [0.2, 0.25) is 0 Å². The Bertz CT molecular complexity index is 856. The zero-order chi connectivity index (χ0) is 20.8. The van der Waals surface area contributed by atoms with Crippen LogP contribution in [0.1, 0.15) is 32.3 Å². The molecule has 0 saturated carbocycles. The molecule has 1 atom stereocenters. The average Bonchev–Trinajstić information content (AvgIpc) is 3.11. The number of aromatic nitrogens is 2. The number of carbonyl (C=O) groups excluding carboxylic acids is 2. The van der Waals surface area contributed by atoms with Crippen molar-refractivity contribution >= 4 is 39.2 Å². The summed E-state index contributed by atoms with van der Waals surface area (Å²) in [7, 11) is 0. The third kappa shape index (κ3) is 5.42. The lowest BCUT2D eigenvalue weighted by Gasteiger charge is -2.30. The second-order valence-electron chi connectivity index (χ2n) is 7.29. The first kappa shape index (κ1) is 21.4. The maximum atomic E-state index is 12.7. The molecule has 0 bridgehead atoms. The molecular formula is C20H29N5O3S. The Balaban J connectivity index is 1.77. The molecule has 158 valence electrons. The predicted octanol–water partition coefficient (Wildman–Crippen LogP) is 1.97. The van der Waals surface area contributed by atoms with E-state index in [0.717, 1.165) is 28.0 Å². The molecule has 1 saturated heterocycles. The first-order valence-corrected chi connectivity index (χ1v) is 11.0. The Morgan fingerprint density at radius 3 is 2.93 bits per heavy atom. The van der Waals surface area contributed by atoms with Gasteiger partial charge < -0.3 is 19.9 Å². The SMILES string of the molecule is CCC(C)OCC(=O)N1CCC(=O)NCCN(c2ncnc3c(C)csc23)CC1. The second kappa shape index (κ2) is 9.98. The summed E-state index contributed by atoms with van der Waals surface area (Å²) in [5.41, 5.74) is 2.08. The molecule has 1 N–H and O–H groups in total. The average molecular weight is 420 g/mol. The van der Waals surface area contributed by atoms with Crippen molar-refractivity contribution in [2.45, 2.75) is 39.7 Å². The summed E-state index contributed by atoms with van der Waals surface area (Å²) < 4.78 is 6.64. The minimum Gasteiger partial charge on any atom is -0.369 e. The van der Waals surface area contributed by atoms with E-state index in [1.807, 2.05) is 20.8 Å². The number of rotatable bonds is 5. The molecule has 0 radical (unpaired) electrons. The van der Waals surface area contributed by atoms with E-state index < -0.39 is 0 Å². The quantitative estimate of drug-likeness (QED) is 0.797. The number of hydrogen-bond donors (Lipinski definition) is 1. The Morgan fingerprint density at radius 2 is 2.14 bits per heavy atom. The smallest absolute Gasteiger partial charge is 0.248 e. The lowest BCUT2D eigenvalue weighted by atomic mass is 10.2. The molecule has 1 unspecified atom stereocenters. The molecule has 0 aliphatic carbocycles. The summed E-state index contributed by atoms with van der Waals surface area (Å²) in [4.78, 5) is 37.6. The Morgan fingerprint density at radius 1 is 1.31 bits per heavy atom. The molecule has 8 nitrogen and oxygen atoms in total. The van der Waals surface area contributed by atoms with E-state index >= 15 is 0 Å². The number of thiophene rings is 1. The van der Waals surface area contributed by atoms with Gasteiger partial charge in [-0.25, -0.2) is 9.97 Å². The summed E-state index contributed by atoms with van der Waals surface area (Å²) in [6, 6.07) is 0. The topological polar surface area (TPSA) is 87.7 Å². The monoisotopic (exact) mass is 419 g/mol. The Labute approximate surface area is 175 Å². The maximum Gasteiger partial charge on any atom is 0.248 e. The second-order valence-corrected chi connectivity index (χ2v) is 8.17. The standard InChI is InChI=1S/C20H29N5O3S/c1-4-15(3)28-11-17(27)24-7-5-16(26)21-6-8-25(10-9-24)20-19-18(22-13-23-20)14(2)12-29-19/h12-13,15H,4-11H2,1-3H3,(H,21,26). The van der Waals surface area contributed by atoms with Crippen LogP contribution in [0.25, 0.3) is 10.2 Å². The zero-order valence-corrected chi connectivity index (χ0v) is 18.1. The van der Waals surface area contributed by atoms with Gasteiger partial charge in [-0.1, -0.05) is 6.92 Å². The molecular weight excluding hydrogens is 390 g/mol. The molecule has 9 heteroatoms. The summed E-state index contributed by atoms with van der Waals surface area (Å²) >= 11 is 1.62. The van der Waals surface area contributed by atoms with Crippen LogP contribution in [0, 0.1) is 6.92 Å². The highest BCUT2D eigenvalue weighted by atomic mass is 32.1. The van der Waals surface area contributed by atoms with E-state index in [1.54, 1.807) is 22.6 Å². The van der Waals surface area contributed by atoms with Gasteiger partial charge in [0.05, 0.1) is 16.3 Å². The molecule has 2 amide bonds. The number of aryl methyl sites for hydroxylation is 1. The Hall–Kier alpha value is -2.26. The van der Waals surface area contributed by atoms with E-state index in [4.69, 9.17) is 4.74 Å². The fourth-order valence-electron chi connectivity index (χ4n) is 3.19. The minimum absolute atomic E-state index is 0.0378. The lowest BCUT2D eigenvalue weighted by Crippen LogP contribution is -2.46. The normalized spacial score (nSPS) is 17.3. The highest BCUT2D eigenvalue weighted by Crippen LogP contribution is 2.30. The van der Waals surface area contributed by atoms with Crippen molar-refractivity contribution in [3.05, 3.63) is 17.3 Å². The molecule has 1 aliphatic heterocycles. The predicted molar refractivity (Wildman–Crippen MR) is 114 cm³/mol. The van der Waals surface area contributed by atoms with E-state index in [1.165, 1.54) is 0 Å². The molecule has 29 heavy (non-hydrogen) atoms. The fourth-order valence-corrected chi connectivity index (χ4v) is 4.21. The molecule has 0 spiro atoms. The zero-order valence-electron chi connectivity index (χ0n) is 17.3. The maximum absolute atomic E-state index is 12.7. The van der Waals surface area contributed by atoms with Gasteiger partial charge in [-0.3, -0.25) is 9.59 Å². The molecule has 1 aliphatic rings. The summed E-state index contributed by atoms with van der Waals surface area (Å²) in [6.07, 6.45) is 2.78. The molecule has 3 heterocycles. The number of carbonyl (C=O) groups is 2. The van der Waals surface area contributed by atoms with Gasteiger partial charge in [-0.15, -0.1) is 11.3 Å². The van der Waals surface area contributed by atoms with Crippen LogP contribution in [0.15, 0.2) is 11.7 Å². The van der Waals surface area contributed by atoms with Crippen LogP contribution >= 0.6 is 11.3 Å². The minimum atomic E-state index is -0.0848. The van der Waals surface area contributed by atoms with E-state index in [0.29, 0.717) is 39.1 Å². The molecule has 3 rings (SSSR count). The van der Waals surface area contributed by atoms with Gasteiger partial charge >= 0.3 is 0 Å². The van der Waals surface area contributed by atoms with Crippen molar-refractivity contribution in [1.82, 2.24) is 20.2 Å². The number of fused-ring (bicyclic) bond motifs is 1. The van der Waals surface area contributed by atoms with Gasteiger partial charge in [0.15, 0.2) is 0 Å². The first-order chi connectivity index (χ1) is 14.0. The van der Waals surface area contributed by atoms with Crippen LogP contribution in [0.5, 0.6) is 0 Å². The van der Waals surface area contributed by atoms with Gasteiger partial charge in [0.25, 0.3) is 0 Å². The third-order valence-electron chi connectivity index (χ3n) is 5.18. The van der Waals surface area contributed by atoms with Crippen LogP contribution in [-0.2, 0) is 14.3 Å². The van der Waals surface area contributed by atoms with Crippen molar-refractivity contribution in [1.29, 1.82) is 0 Å².